The highest BCUT2D eigenvalue weighted by atomic mass is 14.8. The van der Waals surface area contributed by atoms with Crippen LogP contribution in [0.25, 0.3) is 0 Å². The van der Waals surface area contributed by atoms with E-state index in [-0.39, 0.29) is 0 Å². The summed E-state index contributed by atoms with van der Waals surface area (Å²) in [4.78, 5) is 3.93. The summed E-state index contributed by atoms with van der Waals surface area (Å²) in [6.45, 7) is 8.06. The highest BCUT2D eigenvalue weighted by Gasteiger charge is 1.86. The third kappa shape index (κ3) is 4.85. The first-order valence-corrected chi connectivity index (χ1v) is 4.53. The molecule has 1 N–H and O–H groups in total. The minimum atomic E-state index is 0.943. The SMILES string of the molecule is CC.CCNCc1ccncc1. The minimum Gasteiger partial charge on any atom is -0.313 e. The molecule has 2 heteroatoms. The van der Waals surface area contributed by atoms with E-state index in [9.17, 15) is 0 Å². The number of pyridine rings is 1. The summed E-state index contributed by atoms with van der Waals surface area (Å²) in [5.41, 5.74) is 1.29. The Bertz CT molecular complexity index is 172. The molecule has 12 heavy (non-hydrogen) atoms. The van der Waals surface area contributed by atoms with Crippen molar-refractivity contribution < 1.29 is 0 Å². The van der Waals surface area contributed by atoms with E-state index in [0.717, 1.165) is 13.1 Å². The Morgan fingerprint density at radius 3 is 2.33 bits per heavy atom. The van der Waals surface area contributed by atoms with Gasteiger partial charge in [0.15, 0.2) is 0 Å². The lowest BCUT2D eigenvalue weighted by Crippen LogP contribution is -2.11. The van der Waals surface area contributed by atoms with Crippen LogP contribution in [-0.4, -0.2) is 11.5 Å². The largest absolute Gasteiger partial charge is 0.313 e. The fourth-order valence-corrected chi connectivity index (χ4v) is 0.770. The summed E-state index contributed by atoms with van der Waals surface area (Å²) < 4.78 is 0. The molecular formula is C10H18N2. The van der Waals surface area contributed by atoms with Crippen LogP contribution in [0.2, 0.25) is 0 Å². The van der Waals surface area contributed by atoms with Crippen molar-refractivity contribution >= 4 is 0 Å². The highest BCUT2D eigenvalue weighted by Crippen LogP contribution is 1.93. The molecule has 1 aromatic rings. The summed E-state index contributed by atoms with van der Waals surface area (Å²) in [6, 6.07) is 4.03. The van der Waals surface area contributed by atoms with Gasteiger partial charge in [0.25, 0.3) is 0 Å². The first kappa shape index (κ1) is 11.1. The Hall–Kier alpha value is -0.890. The molecule has 0 atom stereocenters. The second-order valence-corrected chi connectivity index (χ2v) is 2.14. The second-order valence-electron chi connectivity index (χ2n) is 2.14. The molecule has 2 nitrogen and oxygen atoms in total. The molecule has 0 aliphatic rings. The van der Waals surface area contributed by atoms with E-state index in [2.05, 4.69) is 17.2 Å². The summed E-state index contributed by atoms with van der Waals surface area (Å²) >= 11 is 0. The zero-order chi connectivity index (χ0) is 9.23. The quantitative estimate of drug-likeness (QED) is 0.744. The van der Waals surface area contributed by atoms with E-state index in [0.29, 0.717) is 0 Å². The molecule has 0 bridgehead atoms. The molecule has 1 rings (SSSR count). The number of nitrogens with zero attached hydrogens (tertiary/aromatic N) is 1. The fourth-order valence-electron chi connectivity index (χ4n) is 0.770. The van der Waals surface area contributed by atoms with Gasteiger partial charge >= 0.3 is 0 Å². The third-order valence-corrected chi connectivity index (χ3v) is 1.33. The van der Waals surface area contributed by atoms with Gasteiger partial charge in [-0.05, 0) is 24.2 Å². The van der Waals surface area contributed by atoms with Gasteiger partial charge in [-0.3, -0.25) is 4.98 Å². The molecule has 0 aliphatic carbocycles. The van der Waals surface area contributed by atoms with Crippen molar-refractivity contribution in [3.63, 3.8) is 0 Å². The number of aromatic nitrogens is 1. The van der Waals surface area contributed by atoms with Gasteiger partial charge in [0, 0.05) is 18.9 Å². The summed E-state index contributed by atoms with van der Waals surface area (Å²) in [7, 11) is 0. The second kappa shape index (κ2) is 8.21. The number of rotatable bonds is 3. The Balaban J connectivity index is 0.000000561. The molecule has 0 spiro atoms. The van der Waals surface area contributed by atoms with Crippen molar-refractivity contribution in [2.75, 3.05) is 6.54 Å². The van der Waals surface area contributed by atoms with Crippen LogP contribution >= 0.6 is 0 Å². The van der Waals surface area contributed by atoms with E-state index in [4.69, 9.17) is 0 Å². The van der Waals surface area contributed by atoms with E-state index in [1.54, 1.807) is 0 Å². The number of hydrogen-bond acceptors (Lipinski definition) is 2. The normalized spacial score (nSPS) is 8.58. The van der Waals surface area contributed by atoms with Crippen LogP contribution < -0.4 is 5.32 Å². The molecule has 0 unspecified atom stereocenters. The Kier molecular flexibility index (Phi) is 7.60. The molecule has 68 valence electrons. The fraction of sp³-hybridized carbons (Fsp3) is 0.500. The molecular weight excluding hydrogens is 148 g/mol. The van der Waals surface area contributed by atoms with Gasteiger partial charge in [-0.25, -0.2) is 0 Å². The van der Waals surface area contributed by atoms with E-state index in [1.807, 2.05) is 38.4 Å². The molecule has 0 radical (unpaired) electrons. The number of nitrogens with one attached hydrogen (secondary N) is 1. The summed E-state index contributed by atoms with van der Waals surface area (Å²) in [6.07, 6.45) is 3.62. The minimum absolute atomic E-state index is 0.943. The van der Waals surface area contributed by atoms with Crippen molar-refractivity contribution in [1.82, 2.24) is 10.3 Å². The smallest absolute Gasteiger partial charge is 0.0271 e. The van der Waals surface area contributed by atoms with Gasteiger partial charge < -0.3 is 5.32 Å². The van der Waals surface area contributed by atoms with Crippen LogP contribution in [0.1, 0.15) is 26.3 Å². The predicted octanol–water partition coefficient (Wildman–Crippen LogP) is 2.22. The molecule has 0 aromatic carbocycles. The van der Waals surface area contributed by atoms with Crippen molar-refractivity contribution in [2.24, 2.45) is 0 Å². The zero-order valence-electron chi connectivity index (χ0n) is 8.17. The van der Waals surface area contributed by atoms with Gasteiger partial charge in [-0.1, -0.05) is 20.8 Å². The van der Waals surface area contributed by atoms with Gasteiger partial charge in [0.2, 0.25) is 0 Å². The Morgan fingerprint density at radius 2 is 1.83 bits per heavy atom. The van der Waals surface area contributed by atoms with E-state index < -0.39 is 0 Å². The van der Waals surface area contributed by atoms with Crippen molar-refractivity contribution in [3.05, 3.63) is 30.1 Å². The Morgan fingerprint density at radius 1 is 1.25 bits per heavy atom. The van der Waals surface area contributed by atoms with Crippen LogP contribution in [0.15, 0.2) is 24.5 Å². The summed E-state index contributed by atoms with van der Waals surface area (Å²) in [5, 5.41) is 3.24. The first-order valence-electron chi connectivity index (χ1n) is 4.53. The van der Waals surface area contributed by atoms with Crippen LogP contribution in [-0.2, 0) is 6.54 Å². The molecule has 0 aliphatic heterocycles. The standard InChI is InChI=1S/C8H12N2.C2H6/c1-2-9-7-8-3-5-10-6-4-8;1-2/h3-6,9H,2,7H2,1H3;1-2H3. The molecule has 1 aromatic heterocycles. The lowest BCUT2D eigenvalue weighted by atomic mass is 10.3. The van der Waals surface area contributed by atoms with Gasteiger partial charge in [0.1, 0.15) is 0 Å². The van der Waals surface area contributed by atoms with Crippen molar-refractivity contribution in [1.29, 1.82) is 0 Å². The maximum absolute atomic E-state index is 3.93. The lowest BCUT2D eigenvalue weighted by molar-refractivity contribution is 0.726. The monoisotopic (exact) mass is 166 g/mol. The van der Waals surface area contributed by atoms with Gasteiger partial charge in [-0.2, -0.15) is 0 Å². The maximum Gasteiger partial charge on any atom is 0.0271 e. The molecule has 0 amide bonds. The van der Waals surface area contributed by atoms with E-state index in [1.165, 1.54) is 5.56 Å². The van der Waals surface area contributed by atoms with Crippen molar-refractivity contribution in [2.45, 2.75) is 27.3 Å². The summed E-state index contributed by atoms with van der Waals surface area (Å²) in [5.74, 6) is 0. The van der Waals surface area contributed by atoms with Crippen molar-refractivity contribution in [3.8, 4) is 0 Å². The zero-order valence-corrected chi connectivity index (χ0v) is 8.17. The molecule has 0 saturated carbocycles. The molecule has 1 heterocycles. The van der Waals surface area contributed by atoms with E-state index >= 15 is 0 Å². The highest BCUT2D eigenvalue weighted by molar-refractivity contribution is 5.08. The maximum atomic E-state index is 3.93. The van der Waals surface area contributed by atoms with Gasteiger partial charge in [0.05, 0.1) is 0 Å². The predicted molar refractivity (Wildman–Crippen MR) is 53.0 cm³/mol. The van der Waals surface area contributed by atoms with Crippen LogP contribution in [0.3, 0.4) is 0 Å². The number of hydrogen-bond donors (Lipinski definition) is 1. The third-order valence-electron chi connectivity index (χ3n) is 1.33. The lowest BCUT2D eigenvalue weighted by Gasteiger charge is -1.98. The van der Waals surface area contributed by atoms with Crippen LogP contribution in [0.4, 0.5) is 0 Å². The average Bonchev–Trinajstić information content (AvgIpc) is 2.19. The van der Waals surface area contributed by atoms with Crippen LogP contribution in [0, 0.1) is 0 Å². The Labute approximate surface area is 75.0 Å². The van der Waals surface area contributed by atoms with Crippen LogP contribution in [0.5, 0.6) is 0 Å². The average molecular weight is 166 g/mol. The van der Waals surface area contributed by atoms with Gasteiger partial charge in [-0.15, -0.1) is 0 Å². The molecule has 0 saturated heterocycles. The topological polar surface area (TPSA) is 24.9 Å². The first-order chi connectivity index (χ1) is 5.93. The molecule has 0 fully saturated rings.